The first kappa shape index (κ1) is 19.4. The zero-order valence-corrected chi connectivity index (χ0v) is 17.4. The summed E-state index contributed by atoms with van der Waals surface area (Å²) in [4.78, 5) is 15.4. The summed E-state index contributed by atoms with van der Waals surface area (Å²) in [5.74, 6) is -0.0496. The van der Waals surface area contributed by atoms with Crippen LogP contribution in [-0.4, -0.2) is 39.7 Å². The third-order valence-electron chi connectivity index (χ3n) is 5.86. The number of benzene rings is 2. The molecule has 1 N–H and O–H groups in total. The summed E-state index contributed by atoms with van der Waals surface area (Å²) in [5.41, 5.74) is 6.10. The molecule has 2 aromatic carbocycles. The fraction of sp³-hybridized carbons (Fsp3) is 0.333. The van der Waals surface area contributed by atoms with Crippen molar-refractivity contribution >= 4 is 5.91 Å². The minimum absolute atomic E-state index is 0.0496. The number of aryl methyl sites for hydroxylation is 1. The minimum atomic E-state index is -0.0496. The van der Waals surface area contributed by atoms with Gasteiger partial charge in [-0.25, -0.2) is 4.68 Å². The summed E-state index contributed by atoms with van der Waals surface area (Å²) >= 11 is 0. The predicted octanol–water partition coefficient (Wildman–Crippen LogP) is 3.67. The molecular weight excluding hydrogens is 360 g/mol. The Labute approximate surface area is 172 Å². The zero-order valence-electron chi connectivity index (χ0n) is 17.4. The van der Waals surface area contributed by atoms with Gasteiger partial charge in [0.1, 0.15) is 0 Å². The monoisotopic (exact) mass is 388 g/mol. The molecule has 1 aromatic heterocycles. The van der Waals surface area contributed by atoms with E-state index in [0.717, 1.165) is 36.6 Å². The molecule has 1 amide bonds. The molecule has 1 unspecified atom stereocenters. The van der Waals surface area contributed by atoms with E-state index in [1.54, 1.807) is 0 Å². The summed E-state index contributed by atoms with van der Waals surface area (Å²) in [6.45, 7) is 8.62. The number of para-hydroxylation sites is 1. The Kier molecular flexibility index (Phi) is 5.49. The molecule has 4 rings (SSSR count). The smallest absolute Gasteiger partial charge is 0.255 e. The van der Waals surface area contributed by atoms with Crippen LogP contribution in [0, 0.1) is 13.8 Å². The van der Waals surface area contributed by atoms with Crippen molar-refractivity contribution in [3.63, 3.8) is 0 Å². The molecule has 0 saturated carbocycles. The lowest BCUT2D eigenvalue weighted by Crippen LogP contribution is -2.44. The number of carbonyl (C=O) groups is 1. The van der Waals surface area contributed by atoms with Crippen LogP contribution in [0.25, 0.3) is 5.69 Å². The van der Waals surface area contributed by atoms with Gasteiger partial charge in [-0.15, -0.1) is 0 Å². The fourth-order valence-corrected chi connectivity index (χ4v) is 4.14. The highest BCUT2D eigenvalue weighted by molar-refractivity contribution is 5.96. The van der Waals surface area contributed by atoms with Gasteiger partial charge in [-0.3, -0.25) is 9.69 Å². The van der Waals surface area contributed by atoms with E-state index in [9.17, 15) is 4.79 Å². The van der Waals surface area contributed by atoms with Gasteiger partial charge < -0.3 is 5.32 Å². The van der Waals surface area contributed by atoms with E-state index in [1.807, 2.05) is 48.9 Å². The first-order valence-corrected chi connectivity index (χ1v) is 10.2. The van der Waals surface area contributed by atoms with Crippen LogP contribution in [0.5, 0.6) is 0 Å². The number of aromatic nitrogens is 2. The van der Waals surface area contributed by atoms with E-state index in [0.29, 0.717) is 12.1 Å². The van der Waals surface area contributed by atoms with E-state index in [2.05, 4.69) is 46.5 Å². The first-order valence-electron chi connectivity index (χ1n) is 10.2. The molecule has 0 bridgehead atoms. The maximum Gasteiger partial charge on any atom is 0.255 e. The van der Waals surface area contributed by atoms with Gasteiger partial charge in [0.15, 0.2) is 0 Å². The second kappa shape index (κ2) is 8.21. The van der Waals surface area contributed by atoms with Crippen LogP contribution in [0.4, 0.5) is 0 Å². The van der Waals surface area contributed by atoms with Gasteiger partial charge in [-0.2, -0.15) is 5.10 Å². The lowest BCUT2D eigenvalue weighted by atomic mass is 9.99. The van der Waals surface area contributed by atoms with Crippen molar-refractivity contribution in [2.24, 2.45) is 0 Å². The normalized spacial score (nSPS) is 15.0. The number of amides is 1. The third-order valence-corrected chi connectivity index (χ3v) is 5.86. The molecule has 5 nitrogen and oxygen atoms in total. The van der Waals surface area contributed by atoms with Gasteiger partial charge in [0, 0.05) is 25.7 Å². The Morgan fingerprint density at radius 1 is 1.07 bits per heavy atom. The van der Waals surface area contributed by atoms with E-state index >= 15 is 0 Å². The van der Waals surface area contributed by atoms with Crippen molar-refractivity contribution in [2.45, 2.75) is 39.8 Å². The number of carbonyl (C=O) groups excluding carboxylic acids is 1. The third kappa shape index (κ3) is 3.96. The molecule has 0 radical (unpaired) electrons. The number of fused-ring (bicyclic) bond motifs is 1. The van der Waals surface area contributed by atoms with Crippen molar-refractivity contribution in [2.75, 3.05) is 13.1 Å². The van der Waals surface area contributed by atoms with Crippen LogP contribution in [0.1, 0.15) is 39.8 Å². The average molecular weight is 389 g/mol. The number of nitrogens with one attached hydrogen (secondary N) is 1. The SMILES string of the molecule is Cc1nn(-c2ccccc2)c(C)c1C(=O)NCC(C)N1CCc2ccccc2C1. The van der Waals surface area contributed by atoms with Crippen molar-refractivity contribution in [1.29, 1.82) is 0 Å². The molecule has 1 aliphatic rings. The molecule has 2 heterocycles. The summed E-state index contributed by atoms with van der Waals surface area (Å²) in [6, 6.07) is 18.8. The Morgan fingerprint density at radius 2 is 1.76 bits per heavy atom. The molecule has 1 atom stereocenters. The van der Waals surface area contributed by atoms with Crippen molar-refractivity contribution < 1.29 is 4.79 Å². The van der Waals surface area contributed by atoms with Crippen LogP contribution in [0.15, 0.2) is 54.6 Å². The Hall–Kier alpha value is -2.92. The molecule has 0 fully saturated rings. The molecule has 29 heavy (non-hydrogen) atoms. The number of hydrogen-bond acceptors (Lipinski definition) is 3. The maximum atomic E-state index is 12.9. The zero-order chi connectivity index (χ0) is 20.4. The first-order chi connectivity index (χ1) is 14.0. The predicted molar refractivity (Wildman–Crippen MR) is 115 cm³/mol. The topological polar surface area (TPSA) is 50.2 Å². The molecule has 5 heteroatoms. The largest absolute Gasteiger partial charge is 0.350 e. The highest BCUT2D eigenvalue weighted by atomic mass is 16.1. The number of rotatable bonds is 5. The van der Waals surface area contributed by atoms with E-state index in [4.69, 9.17) is 0 Å². The van der Waals surface area contributed by atoms with Crippen LogP contribution in [-0.2, 0) is 13.0 Å². The molecule has 0 saturated heterocycles. The lowest BCUT2D eigenvalue weighted by Gasteiger charge is -2.33. The van der Waals surface area contributed by atoms with Gasteiger partial charge in [0.25, 0.3) is 5.91 Å². The summed E-state index contributed by atoms with van der Waals surface area (Å²) in [7, 11) is 0. The second-order valence-electron chi connectivity index (χ2n) is 7.84. The number of hydrogen-bond donors (Lipinski definition) is 1. The number of nitrogens with zero attached hydrogens (tertiary/aromatic N) is 3. The standard InChI is InChI=1S/C24H28N4O/c1-17(27-14-13-20-9-7-8-10-21(20)16-27)15-25-24(29)23-18(2)26-28(19(23)3)22-11-5-4-6-12-22/h4-12,17H,13-16H2,1-3H3,(H,25,29). The maximum absolute atomic E-state index is 12.9. The van der Waals surface area contributed by atoms with Gasteiger partial charge in [0.2, 0.25) is 0 Å². The van der Waals surface area contributed by atoms with Gasteiger partial charge in [-0.05, 0) is 50.5 Å². The van der Waals surface area contributed by atoms with E-state index in [1.165, 1.54) is 11.1 Å². The molecule has 3 aromatic rings. The van der Waals surface area contributed by atoms with Crippen LogP contribution >= 0.6 is 0 Å². The molecule has 0 spiro atoms. The van der Waals surface area contributed by atoms with Crippen LogP contribution < -0.4 is 5.32 Å². The van der Waals surface area contributed by atoms with Crippen molar-refractivity contribution in [3.8, 4) is 5.69 Å². The quantitative estimate of drug-likeness (QED) is 0.726. The average Bonchev–Trinajstić information content (AvgIpc) is 3.06. The fourth-order valence-electron chi connectivity index (χ4n) is 4.14. The Bertz CT molecular complexity index is 1010. The van der Waals surface area contributed by atoms with Crippen LogP contribution in [0.2, 0.25) is 0 Å². The van der Waals surface area contributed by atoms with E-state index < -0.39 is 0 Å². The van der Waals surface area contributed by atoms with Gasteiger partial charge in [0.05, 0.1) is 22.6 Å². The minimum Gasteiger partial charge on any atom is -0.350 e. The highest BCUT2D eigenvalue weighted by Crippen LogP contribution is 2.21. The molecule has 0 aliphatic carbocycles. The molecular formula is C24H28N4O. The summed E-state index contributed by atoms with van der Waals surface area (Å²) in [6.07, 6.45) is 1.07. The van der Waals surface area contributed by atoms with Gasteiger partial charge in [-0.1, -0.05) is 42.5 Å². The van der Waals surface area contributed by atoms with Crippen molar-refractivity contribution in [3.05, 3.63) is 82.7 Å². The Balaban J connectivity index is 1.42. The lowest BCUT2D eigenvalue weighted by molar-refractivity contribution is 0.0931. The molecule has 1 aliphatic heterocycles. The van der Waals surface area contributed by atoms with Crippen LogP contribution in [0.3, 0.4) is 0 Å². The Morgan fingerprint density at radius 3 is 2.52 bits per heavy atom. The second-order valence-corrected chi connectivity index (χ2v) is 7.84. The van der Waals surface area contributed by atoms with E-state index in [-0.39, 0.29) is 11.9 Å². The van der Waals surface area contributed by atoms with Crippen molar-refractivity contribution in [1.82, 2.24) is 20.0 Å². The molecule has 150 valence electrons. The highest BCUT2D eigenvalue weighted by Gasteiger charge is 2.23. The van der Waals surface area contributed by atoms with Gasteiger partial charge >= 0.3 is 0 Å². The summed E-state index contributed by atoms with van der Waals surface area (Å²) < 4.78 is 1.84. The summed E-state index contributed by atoms with van der Waals surface area (Å²) in [5, 5.41) is 7.72.